The van der Waals surface area contributed by atoms with Crippen LogP contribution in [0.3, 0.4) is 0 Å². The summed E-state index contributed by atoms with van der Waals surface area (Å²) < 4.78 is 29.3. The zero-order valence-electron chi connectivity index (χ0n) is 20.8. The maximum atomic E-state index is 13.1. The minimum absolute atomic E-state index is 0. The van der Waals surface area contributed by atoms with Gasteiger partial charge in [0.05, 0.1) is 13.2 Å². The van der Waals surface area contributed by atoms with Crippen molar-refractivity contribution in [3.8, 4) is 11.1 Å². The number of hydrogen-bond donors (Lipinski definition) is 2. The van der Waals surface area contributed by atoms with Crippen molar-refractivity contribution in [2.24, 2.45) is 0 Å². The van der Waals surface area contributed by atoms with Gasteiger partial charge >= 0.3 is 0 Å². The molecule has 0 spiro atoms. The summed E-state index contributed by atoms with van der Waals surface area (Å²) in [5.41, 5.74) is 4.42. The second-order valence-corrected chi connectivity index (χ2v) is 11.8. The number of benzene rings is 2. The molecule has 11 heteroatoms. The molecule has 1 fully saturated rings. The van der Waals surface area contributed by atoms with Crippen molar-refractivity contribution in [3.63, 3.8) is 0 Å². The molecule has 1 saturated heterocycles. The van der Waals surface area contributed by atoms with Gasteiger partial charge in [-0.05, 0) is 53.6 Å². The molecule has 1 aromatic heterocycles. The Labute approximate surface area is 222 Å². The van der Waals surface area contributed by atoms with E-state index >= 15 is 0 Å². The topological polar surface area (TPSA) is 118 Å². The van der Waals surface area contributed by atoms with Crippen molar-refractivity contribution in [1.29, 1.82) is 0 Å². The molecule has 2 N–H and O–H groups in total. The lowest BCUT2D eigenvalue weighted by atomic mass is 10.0. The Morgan fingerprint density at radius 3 is 2.35 bits per heavy atom. The van der Waals surface area contributed by atoms with Crippen LogP contribution in [0.25, 0.3) is 21.9 Å². The first-order chi connectivity index (χ1) is 17.1. The second-order valence-electron chi connectivity index (χ2n) is 9.40. The van der Waals surface area contributed by atoms with Gasteiger partial charge in [-0.2, -0.15) is 0 Å². The molecule has 4 rings (SSSR count). The molecule has 9 nitrogen and oxygen atoms in total. The van der Waals surface area contributed by atoms with Crippen LogP contribution in [0.15, 0.2) is 59.5 Å². The molecular weight excluding hydrogens is 518 g/mol. The third-order valence-electron chi connectivity index (χ3n) is 7.00. The number of carbonyl (C=O) groups is 1. The second kappa shape index (κ2) is 11.7. The van der Waals surface area contributed by atoms with Gasteiger partial charge in [-0.25, -0.2) is 13.9 Å². The summed E-state index contributed by atoms with van der Waals surface area (Å²) in [4.78, 5) is 27.5. The number of pyridine rings is 1. The van der Waals surface area contributed by atoms with Crippen LogP contribution in [-0.2, 0) is 32.5 Å². The Balaban J connectivity index is 0.00000380. The Bertz CT molecular complexity index is 1420. The monoisotopic (exact) mass is 549 g/mol. The van der Waals surface area contributed by atoms with E-state index in [2.05, 4.69) is 29.2 Å². The van der Waals surface area contributed by atoms with Crippen molar-refractivity contribution in [2.75, 3.05) is 32.6 Å². The highest BCUT2D eigenvalue weighted by atomic mass is 35.5. The molecule has 1 atom stereocenters. The van der Waals surface area contributed by atoms with Gasteiger partial charge in [0.2, 0.25) is 0 Å². The number of fused-ring (bicyclic) bond motifs is 1. The fourth-order valence-electron chi connectivity index (χ4n) is 4.38. The molecule has 2 aromatic carbocycles. The largest absolute Gasteiger partial charge is 0.379 e. The number of sulfone groups is 1. The molecule has 1 aliphatic heterocycles. The lowest BCUT2D eigenvalue weighted by molar-refractivity contribution is -0.131. The first-order valence-corrected chi connectivity index (χ1v) is 13.7. The van der Waals surface area contributed by atoms with E-state index in [0.717, 1.165) is 55.6 Å². The van der Waals surface area contributed by atoms with Crippen LogP contribution in [0.1, 0.15) is 18.9 Å². The lowest BCUT2D eigenvalue weighted by Crippen LogP contribution is -2.49. The average molecular weight is 550 g/mol. The maximum Gasteiger partial charge on any atom is 0.264 e. The van der Waals surface area contributed by atoms with E-state index in [9.17, 15) is 18.0 Å². The number of aryl methyl sites for hydroxylation is 1. The van der Waals surface area contributed by atoms with Gasteiger partial charge < -0.3 is 9.30 Å². The first-order valence-electron chi connectivity index (χ1n) is 11.8. The molecule has 37 heavy (non-hydrogen) atoms. The highest BCUT2D eigenvalue weighted by molar-refractivity contribution is 7.92. The summed E-state index contributed by atoms with van der Waals surface area (Å²) in [5.74, 6) is -1.03. The number of rotatable bonds is 8. The van der Waals surface area contributed by atoms with E-state index in [1.165, 1.54) is 22.5 Å². The lowest BCUT2D eigenvalue weighted by Gasteiger charge is -2.26. The first kappa shape index (κ1) is 28.8. The number of aromatic nitrogens is 1. The fourth-order valence-corrected chi connectivity index (χ4v) is 5.23. The third kappa shape index (κ3) is 6.22. The van der Waals surface area contributed by atoms with Crippen LogP contribution >= 0.6 is 12.4 Å². The highest BCUT2D eigenvalue weighted by Gasteiger charge is 2.43. The van der Waals surface area contributed by atoms with Gasteiger partial charge in [-0.3, -0.25) is 19.7 Å². The predicted octanol–water partition coefficient (Wildman–Crippen LogP) is 2.62. The van der Waals surface area contributed by atoms with E-state index in [1.807, 2.05) is 12.1 Å². The van der Waals surface area contributed by atoms with Gasteiger partial charge in [0.25, 0.3) is 11.5 Å². The average Bonchev–Trinajstić information content (AvgIpc) is 2.88. The molecule has 1 aliphatic rings. The van der Waals surface area contributed by atoms with E-state index < -0.39 is 20.5 Å². The van der Waals surface area contributed by atoms with Gasteiger partial charge in [0, 0.05) is 44.0 Å². The van der Waals surface area contributed by atoms with Crippen LogP contribution in [0.2, 0.25) is 0 Å². The van der Waals surface area contributed by atoms with Crippen molar-refractivity contribution in [1.82, 2.24) is 14.9 Å². The van der Waals surface area contributed by atoms with Gasteiger partial charge in [0.15, 0.2) is 14.6 Å². The number of hydrogen-bond acceptors (Lipinski definition) is 7. The number of amides is 1. The molecule has 0 saturated carbocycles. The van der Waals surface area contributed by atoms with Gasteiger partial charge in [-0.15, -0.1) is 12.4 Å². The number of nitrogens with zero attached hydrogens (tertiary/aromatic N) is 2. The Kier molecular flexibility index (Phi) is 9.14. The van der Waals surface area contributed by atoms with Crippen molar-refractivity contribution < 1.29 is 23.2 Å². The molecule has 0 aliphatic carbocycles. The van der Waals surface area contributed by atoms with Crippen molar-refractivity contribution in [2.45, 2.75) is 31.2 Å². The van der Waals surface area contributed by atoms with E-state index in [-0.39, 0.29) is 30.9 Å². The third-order valence-corrected chi connectivity index (χ3v) is 9.03. The minimum Gasteiger partial charge on any atom is -0.379 e. The number of morpholine rings is 1. The van der Waals surface area contributed by atoms with Crippen molar-refractivity contribution in [3.05, 3.63) is 70.6 Å². The standard InChI is InChI=1S/C26H31N3O6S.ClH/c1-26(25(31)27-32,36(2,33)34)10-12-29-11-9-22-17-21(7-8-23(22)24(29)30)20-5-3-19(4-6-20)18-28-13-15-35-16-14-28;/h3-9,11,17,32H,10,12-16,18H2,1-2H3,(H,27,31);1H/t26-;/m1./s1. The normalized spacial score (nSPS) is 16.1. The molecule has 0 bridgehead atoms. The molecule has 2 heterocycles. The van der Waals surface area contributed by atoms with E-state index in [1.54, 1.807) is 18.3 Å². The number of hydroxylamine groups is 1. The maximum absolute atomic E-state index is 13.1. The van der Waals surface area contributed by atoms with Gasteiger partial charge in [0.1, 0.15) is 0 Å². The Hall–Kier alpha value is -2.76. The van der Waals surface area contributed by atoms with Crippen LogP contribution in [0, 0.1) is 0 Å². The number of ether oxygens (including phenoxy) is 1. The Morgan fingerprint density at radius 1 is 1.08 bits per heavy atom. The fraction of sp³-hybridized carbons (Fsp3) is 0.385. The van der Waals surface area contributed by atoms with Gasteiger partial charge in [-0.1, -0.05) is 30.3 Å². The molecular formula is C26H32ClN3O6S. The summed E-state index contributed by atoms with van der Waals surface area (Å²) in [6.07, 6.45) is 2.36. The zero-order chi connectivity index (χ0) is 25.9. The summed E-state index contributed by atoms with van der Waals surface area (Å²) >= 11 is 0. The summed E-state index contributed by atoms with van der Waals surface area (Å²) in [6.45, 7) is 5.53. The van der Waals surface area contributed by atoms with E-state index in [4.69, 9.17) is 9.94 Å². The molecule has 0 radical (unpaired) electrons. The zero-order valence-corrected chi connectivity index (χ0v) is 22.5. The summed E-state index contributed by atoms with van der Waals surface area (Å²) in [6, 6.07) is 15.8. The number of carbonyl (C=O) groups excluding carboxylic acids is 1. The predicted molar refractivity (Wildman–Crippen MR) is 145 cm³/mol. The van der Waals surface area contributed by atoms with Crippen LogP contribution < -0.4 is 11.0 Å². The van der Waals surface area contributed by atoms with Crippen LogP contribution in [-0.4, -0.2) is 66.3 Å². The SMILES string of the molecule is C[C@@](CCn1ccc2cc(-c3ccc(CN4CCOCC4)cc3)ccc2c1=O)(C(=O)NO)S(C)(=O)=O.Cl. The highest BCUT2D eigenvalue weighted by Crippen LogP contribution is 2.25. The van der Waals surface area contributed by atoms with E-state index in [0.29, 0.717) is 5.39 Å². The summed E-state index contributed by atoms with van der Waals surface area (Å²) in [7, 11) is -3.84. The summed E-state index contributed by atoms with van der Waals surface area (Å²) in [5, 5.41) is 10.3. The van der Waals surface area contributed by atoms with Crippen LogP contribution in [0.5, 0.6) is 0 Å². The molecule has 0 unspecified atom stereocenters. The molecule has 200 valence electrons. The smallest absolute Gasteiger partial charge is 0.264 e. The van der Waals surface area contributed by atoms with Crippen molar-refractivity contribution >= 4 is 38.9 Å². The molecule has 1 amide bonds. The number of nitrogens with one attached hydrogen (secondary N) is 1. The number of halogens is 1. The quantitative estimate of drug-likeness (QED) is 0.327. The minimum atomic E-state index is -3.84. The molecule has 3 aromatic rings. The van der Waals surface area contributed by atoms with Crippen LogP contribution in [0.4, 0.5) is 0 Å². The Morgan fingerprint density at radius 2 is 1.73 bits per heavy atom.